The lowest BCUT2D eigenvalue weighted by atomic mass is 9.89. The third-order valence-corrected chi connectivity index (χ3v) is 7.33. The Hall–Kier alpha value is -3.23. The van der Waals surface area contributed by atoms with Gasteiger partial charge in [-0.25, -0.2) is 4.52 Å². The minimum absolute atomic E-state index is 0.340. The molecule has 0 bridgehead atoms. The number of nitrogens with one attached hydrogen (secondary N) is 1. The molecule has 0 amide bonds. The largest absolute Gasteiger partial charge is 0.479 e. The highest BCUT2D eigenvalue weighted by molar-refractivity contribution is 5.90. The molecule has 2 saturated heterocycles. The Bertz CT molecular complexity index is 1320. The highest BCUT2D eigenvalue weighted by Gasteiger charge is 2.34. The van der Waals surface area contributed by atoms with E-state index in [-0.39, 0.29) is 0 Å². The Labute approximate surface area is 198 Å². The van der Waals surface area contributed by atoms with Gasteiger partial charge in [0, 0.05) is 42.5 Å². The first-order valence-electron chi connectivity index (χ1n) is 12.1. The summed E-state index contributed by atoms with van der Waals surface area (Å²) >= 11 is 0. The molecule has 1 aromatic carbocycles. The van der Waals surface area contributed by atoms with Crippen molar-refractivity contribution < 1.29 is 9.47 Å². The van der Waals surface area contributed by atoms with E-state index in [9.17, 15) is 0 Å². The molecule has 5 heterocycles. The molecule has 2 fully saturated rings. The van der Waals surface area contributed by atoms with Crippen molar-refractivity contribution in [1.82, 2.24) is 24.5 Å². The van der Waals surface area contributed by atoms with Gasteiger partial charge in [0.1, 0.15) is 5.52 Å². The Kier molecular flexibility index (Phi) is 5.55. The summed E-state index contributed by atoms with van der Waals surface area (Å²) in [4.78, 5) is 11.8. The van der Waals surface area contributed by atoms with E-state index in [4.69, 9.17) is 19.6 Å². The minimum Gasteiger partial charge on any atom is -0.479 e. The summed E-state index contributed by atoms with van der Waals surface area (Å²) in [5, 5.41) is 9.53. The molecule has 1 N–H and O–H groups in total. The number of nitrogens with zero attached hydrogens (tertiary/aromatic N) is 5. The van der Waals surface area contributed by atoms with E-state index in [2.05, 4.69) is 46.4 Å². The van der Waals surface area contributed by atoms with Gasteiger partial charge in [0.05, 0.1) is 31.9 Å². The molecule has 6 rings (SSSR count). The quantitative estimate of drug-likeness (QED) is 0.470. The van der Waals surface area contributed by atoms with Gasteiger partial charge in [0.2, 0.25) is 11.8 Å². The molecule has 176 valence electrons. The van der Waals surface area contributed by atoms with Gasteiger partial charge in [-0.1, -0.05) is 25.5 Å². The first kappa shape index (κ1) is 21.3. The highest BCUT2D eigenvalue weighted by Crippen LogP contribution is 2.33. The second kappa shape index (κ2) is 8.85. The van der Waals surface area contributed by atoms with Crippen molar-refractivity contribution in [2.75, 3.05) is 38.7 Å². The SMILES string of the molecule is CC[C@H]1CN(C2COC2)CC[C@@H]1Nc1nc(OC)c2c(-c3ccc4ncccc4c3)ccn2n1. The fourth-order valence-corrected chi connectivity index (χ4v) is 5.27. The van der Waals surface area contributed by atoms with E-state index >= 15 is 0 Å². The number of rotatable bonds is 6. The molecule has 8 heteroatoms. The summed E-state index contributed by atoms with van der Waals surface area (Å²) in [5.41, 5.74) is 3.97. The molecule has 34 heavy (non-hydrogen) atoms. The first-order chi connectivity index (χ1) is 16.7. The molecule has 3 aromatic heterocycles. The molecule has 0 saturated carbocycles. The number of likely N-dealkylation sites (tertiary alicyclic amines) is 1. The predicted molar refractivity (Wildman–Crippen MR) is 132 cm³/mol. The van der Waals surface area contributed by atoms with Crippen molar-refractivity contribution in [3.8, 4) is 17.0 Å². The number of pyridine rings is 1. The van der Waals surface area contributed by atoms with Crippen LogP contribution in [0.15, 0.2) is 48.8 Å². The van der Waals surface area contributed by atoms with Gasteiger partial charge in [-0.2, -0.15) is 4.98 Å². The second-order valence-electron chi connectivity index (χ2n) is 9.27. The van der Waals surface area contributed by atoms with Crippen LogP contribution in [-0.2, 0) is 4.74 Å². The third-order valence-electron chi connectivity index (χ3n) is 7.33. The van der Waals surface area contributed by atoms with E-state index in [0.717, 1.165) is 66.7 Å². The van der Waals surface area contributed by atoms with Crippen molar-refractivity contribution in [2.24, 2.45) is 5.92 Å². The standard InChI is InChI=1S/C26H30N6O2/c1-3-17-14-31(20-15-34-16-20)11-9-23(17)28-26-29-25(33-2)24-21(8-12-32(24)30-26)18-6-7-22-19(13-18)5-4-10-27-22/h4-8,10,12-13,17,20,23H,3,9,11,14-16H2,1-2H3,(H,28,30)/t17-,23-/m0/s1. The zero-order valence-corrected chi connectivity index (χ0v) is 19.6. The Morgan fingerprint density at radius 3 is 2.91 bits per heavy atom. The summed E-state index contributed by atoms with van der Waals surface area (Å²) in [6.07, 6.45) is 5.98. The molecule has 2 aliphatic rings. The van der Waals surface area contributed by atoms with Gasteiger partial charge in [0.15, 0.2) is 0 Å². The van der Waals surface area contributed by atoms with Gasteiger partial charge in [-0.15, -0.1) is 5.10 Å². The smallest absolute Gasteiger partial charge is 0.244 e. The number of hydrogen-bond donors (Lipinski definition) is 1. The molecule has 4 aromatic rings. The number of piperidine rings is 1. The summed E-state index contributed by atoms with van der Waals surface area (Å²) in [5.74, 6) is 1.73. The van der Waals surface area contributed by atoms with E-state index in [1.54, 1.807) is 7.11 Å². The van der Waals surface area contributed by atoms with Crippen molar-refractivity contribution in [2.45, 2.75) is 31.8 Å². The molecule has 2 aliphatic heterocycles. The van der Waals surface area contributed by atoms with Gasteiger partial charge in [-0.05, 0) is 42.2 Å². The predicted octanol–water partition coefficient (Wildman–Crippen LogP) is 3.86. The number of benzene rings is 1. The van der Waals surface area contributed by atoms with Gasteiger partial charge in [-0.3, -0.25) is 9.88 Å². The summed E-state index contributed by atoms with van der Waals surface area (Å²) in [7, 11) is 1.67. The molecule has 8 nitrogen and oxygen atoms in total. The third kappa shape index (κ3) is 3.76. The first-order valence-corrected chi connectivity index (χ1v) is 12.1. The zero-order valence-electron chi connectivity index (χ0n) is 19.6. The van der Waals surface area contributed by atoms with E-state index < -0.39 is 0 Å². The van der Waals surface area contributed by atoms with Gasteiger partial charge in [0.25, 0.3) is 0 Å². The number of aromatic nitrogens is 4. The highest BCUT2D eigenvalue weighted by atomic mass is 16.5. The van der Waals surface area contributed by atoms with Crippen molar-refractivity contribution in [1.29, 1.82) is 0 Å². The van der Waals surface area contributed by atoms with E-state index in [1.807, 2.05) is 29.0 Å². The number of hydrogen-bond acceptors (Lipinski definition) is 7. The molecule has 2 atom stereocenters. The number of methoxy groups -OCH3 is 1. The van der Waals surface area contributed by atoms with Crippen LogP contribution in [0, 0.1) is 5.92 Å². The van der Waals surface area contributed by atoms with Crippen LogP contribution in [0.2, 0.25) is 0 Å². The van der Waals surface area contributed by atoms with Crippen LogP contribution >= 0.6 is 0 Å². The fourth-order valence-electron chi connectivity index (χ4n) is 5.27. The second-order valence-corrected chi connectivity index (χ2v) is 9.27. The van der Waals surface area contributed by atoms with Crippen LogP contribution in [0.5, 0.6) is 5.88 Å². The van der Waals surface area contributed by atoms with Crippen LogP contribution in [0.1, 0.15) is 19.8 Å². The molecule has 0 unspecified atom stereocenters. The fraction of sp³-hybridized carbons (Fsp3) is 0.423. The maximum atomic E-state index is 5.74. The average molecular weight is 459 g/mol. The monoisotopic (exact) mass is 458 g/mol. The number of fused-ring (bicyclic) bond motifs is 2. The van der Waals surface area contributed by atoms with E-state index in [0.29, 0.717) is 29.8 Å². The maximum absolute atomic E-state index is 5.74. The summed E-state index contributed by atoms with van der Waals surface area (Å²) < 4.78 is 13.0. The molecular formula is C26H30N6O2. The Balaban J connectivity index is 1.29. The maximum Gasteiger partial charge on any atom is 0.244 e. The molecular weight excluding hydrogens is 428 g/mol. The Morgan fingerprint density at radius 2 is 2.12 bits per heavy atom. The van der Waals surface area contributed by atoms with Crippen LogP contribution in [0.25, 0.3) is 27.5 Å². The van der Waals surface area contributed by atoms with Crippen LogP contribution in [-0.4, -0.2) is 70.0 Å². The van der Waals surface area contributed by atoms with E-state index in [1.165, 1.54) is 0 Å². The van der Waals surface area contributed by atoms with Crippen molar-refractivity contribution in [3.05, 3.63) is 48.8 Å². The molecule has 0 aliphatic carbocycles. The lowest BCUT2D eigenvalue weighted by molar-refractivity contribution is -0.0775. The van der Waals surface area contributed by atoms with Crippen molar-refractivity contribution >= 4 is 22.4 Å². The molecule has 0 spiro atoms. The van der Waals surface area contributed by atoms with Gasteiger partial charge < -0.3 is 14.8 Å². The number of anilines is 1. The van der Waals surface area contributed by atoms with Crippen LogP contribution < -0.4 is 10.1 Å². The van der Waals surface area contributed by atoms with Crippen LogP contribution in [0.3, 0.4) is 0 Å². The van der Waals surface area contributed by atoms with Crippen LogP contribution in [0.4, 0.5) is 5.95 Å². The lowest BCUT2D eigenvalue weighted by Gasteiger charge is -2.45. The lowest BCUT2D eigenvalue weighted by Crippen LogP contribution is -2.56. The van der Waals surface area contributed by atoms with Crippen molar-refractivity contribution in [3.63, 3.8) is 0 Å². The summed E-state index contributed by atoms with van der Waals surface area (Å²) in [6.45, 7) is 6.17. The molecule has 0 radical (unpaired) electrons. The van der Waals surface area contributed by atoms with Gasteiger partial charge >= 0.3 is 0 Å². The minimum atomic E-state index is 0.340. The average Bonchev–Trinajstić information content (AvgIpc) is 3.27. The normalized spacial score (nSPS) is 21.6. The number of ether oxygens (including phenoxy) is 2. The zero-order chi connectivity index (χ0) is 23.1. The Morgan fingerprint density at radius 1 is 1.21 bits per heavy atom. The topological polar surface area (TPSA) is 76.8 Å². The summed E-state index contributed by atoms with van der Waals surface area (Å²) in [6, 6.07) is 13.3.